The van der Waals surface area contributed by atoms with Crippen LogP contribution in [-0.4, -0.2) is 52.3 Å². The van der Waals surface area contributed by atoms with Crippen molar-refractivity contribution in [3.8, 4) is 5.75 Å². The Labute approximate surface area is 185 Å². The first-order valence-corrected chi connectivity index (χ1v) is 11.7. The van der Waals surface area contributed by atoms with Gasteiger partial charge in [0.25, 0.3) is 10.0 Å². The molecule has 160 valence electrons. The number of amidine groups is 1. The fraction of sp³-hybridized carbons (Fsp3) is 0.333. The fourth-order valence-electron chi connectivity index (χ4n) is 2.89. The van der Waals surface area contributed by atoms with Gasteiger partial charge in [0.15, 0.2) is 5.84 Å². The van der Waals surface area contributed by atoms with Crippen LogP contribution in [0.4, 0.5) is 0 Å². The number of nitrogens with zero attached hydrogens (tertiary/aromatic N) is 3. The summed E-state index contributed by atoms with van der Waals surface area (Å²) in [6, 6.07) is 12.4. The largest absolute Gasteiger partial charge is 0.490 e. The first kappa shape index (κ1) is 22.5. The van der Waals surface area contributed by atoms with Crippen molar-refractivity contribution in [1.29, 1.82) is 0 Å². The summed E-state index contributed by atoms with van der Waals surface area (Å²) < 4.78 is 40.4. The Hall–Kier alpha value is -2.23. The van der Waals surface area contributed by atoms with Crippen molar-refractivity contribution in [3.05, 3.63) is 58.1 Å². The van der Waals surface area contributed by atoms with Crippen molar-refractivity contribution >= 4 is 38.0 Å². The number of hydrogen-bond acceptors (Lipinski definition) is 6. The monoisotopic (exact) mass is 493 g/mol. The smallest absolute Gasteiger partial charge is 0.285 e. The number of hydrazone groups is 1. The van der Waals surface area contributed by atoms with Gasteiger partial charge in [-0.3, -0.25) is 0 Å². The average molecular weight is 494 g/mol. The van der Waals surface area contributed by atoms with Gasteiger partial charge in [-0.15, -0.1) is 4.40 Å². The normalized spacial score (nSPS) is 14.8. The van der Waals surface area contributed by atoms with E-state index in [1.165, 1.54) is 0 Å². The highest BCUT2D eigenvalue weighted by Gasteiger charge is 2.31. The molecule has 0 saturated heterocycles. The van der Waals surface area contributed by atoms with Gasteiger partial charge >= 0.3 is 0 Å². The molecule has 0 atom stereocenters. The number of hydrogen-bond donors (Lipinski definition) is 0. The van der Waals surface area contributed by atoms with Gasteiger partial charge in [0.2, 0.25) is 0 Å². The highest BCUT2D eigenvalue weighted by atomic mass is 79.9. The van der Waals surface area contributed by atoms with Gasteiger partial charge in [0, 0.05) is 19.2 Å². The number of benzene rings is 2. The molecular weight excluding hydrogens is 470 g/mol. The second kappa shape index (κ2) is 9.72. The highest BCUT2D eigenvalue weighted by Crippen LogP contribution is 2.28. The average Bonchev–Trinajstić information content (AvgIpc) is 2.98. The van der Waals surface area contributed by atoms with Crippen molar-refractivity contribution in [2.45, 2.75) is 18.7 Å². The van der Waals surface area contributed by atoms with Gasteiger partial charge in [0.05, 0.1) is 17.3 Å². The lowest BCUT2D eigenvalue weighted by molar-refractivity contribution is 0.146. The number of sulfonamides is 1. The summed E-state index contributed by atoms with van der Waals surface area (Å²) in [5.41, 5.74) is 1.38. The summed E-state index contributed by atoms with van der Waals surface area (Å²) in [7, 11) is -2.09. The van der Waals surface area contributed by atoms with E-state index in [1.54, 1.807) is 42.6 Å². The van der Waals surface area contributed by atoms with Crippen molar-refractivity contribution in [1.82, 2.24) is 5.01 Å². The summed E-state index contributed by atoms with van der Waals surface area (Å²) in [6.07, 6.45) is 1.67. The molecular formula is C21H24BrN3O4S. The zero-order chi connectivity index (χ0) is 21.7. The molecule has 3 rings (SSSR count). The highest BCUT2D eigenvalue weighted by molar-refractivity contribution is 9.10. The number of rotatable bonds is 8. The second-order valence-electron chi connectivity index (χ2n) is 7.14. The predicted molar refractivity (Wildman–Crippen MR) is 121 cm³/mol. The number of halogens is 1. The molecule has 0 amide bonds. The SMILES string of the molecule is COCCOc1cc(/C=N/N(CC(C)C)C2=NS(=O)(=O)c3ccccc32)ccc1Br. The van der Waals surface area contributed by atoms with Crippen LogP contribution >= 0.6 is 15.9 Å². The molecule has 0 aliphatic carbocycles. The van der Waals surface area contributed by atoms with Crippen LogP contribution in [0.3, 0.4) is 0 Å². The van der Waals surface area contributed by atoms with Crippen LogP contribution in [0.5, 0.6) is 5.75 Å². The Balaban J connectivity index is 1.90. The molecule has 2 aromatic rings. The van der Waals surface area contributed by atoms with Crippen molar-refractivity contribution < 1.29 is 17.9 Å². The minimum absolute atomic E-state index is 0.210. The molecule has 1 aliphatic heterocycles. The lowest BCUT2D eigenvalue weighted by Gasteiger charge is -2.21. The van der Waals surface area contributed by atoms with Crippen LogP contribution in [0.15, 0.2) is 61.3 Å². The first-order valence-electron chi connectivity index (χ1n) is 9.49. The third kappa shape index (κ3) is 5.27. The molecule has 0 unspecified atom stereocenters. The second-order valence-corrected chi connectivity index (χ2v) is 9.56. The molecule has 0 N–H and O–H groups in total. The van der Waals surface area contributed by atoms with Crippen molar-refractivity contribution in [2.75, 3.05) is 26.9 Å². The van der Waals surface area contributed by atoms with Crippen molar-refractivity contribution in [3.63, 3.8) is 0 Å². The van der Waals surface area contributed by atoms with E-state index in [4.69, 9.17) is 9.47 Å². The van der Waals surface area contributed by atoms with Gasteiger partial charge in [-0.05, 0) is 51.7 Å². The molecule has 7 nitrogen and oxygen atoms in total. The number of fused-ring (bicyclic) bond motifs is 1. The summed E-state index contributed by atoms with van der Waals surface area (Å²) in [4.78, 5) is 0.210. The standard InChI is InChI=1S/C21H24BrN3O4S/c1-15(2)14-25(21-17-6-4-5-7-20(17)30(26,27)24-21)23-13-16-8-9-18(22)19(12-16)29-11-10-28-3/h4-9,12-13,15H,10-11,14H2,1-3H3/b23-13+. The van der Waals surface area contributed by atoms with Crippen LogP contribution in [0, 0.1) is 5.92 Å². The Morgan fingerprint density at radius 1 is 1.20 bits per heavy atom. The van der Waals surface area contributed by atoms with E-state index < -0.39 is 10.0 Å². The van der Waals surface area contributed by atoms with Gasteiger partial charge in [-0.2, -0.15) is 13.5 Å². The molecule has 0 aromatic heterocycles. The van der Waals surface area contributed by atoms with E-state index in [1.807, 2.05) is 32.0 Å². The summed E-state index contributed by atoms with van der Waals surface area (Å²) >= 11 is 3.47. The molecule has 1 aliphatic rings. The molecule has 0 radical (unpaired) electrons. The van der Waals surface area contributed by atoms with Gasteiger partial charge in [-0.1, -0.05) is 32.0 Å². The minimum Gasteiger partial charge on any atom is -0.490 e. The summed E-state index contributed by atoms with van der Waals surface area (Å²) in [5.74, 6) is 1.26. The van der Waals surface area contributed by atoms with E-state index in [2.05, 4.69) is 25.4 Å². The quantitative estimate of drug-likeness (QED) is 0.316. The van der Waals surface area contributed by atoms with E-state index in [0.29, 0.717) is 36.9 Å². The molecule has 0 fully saturated rings. The molecule has 0 saturated carbocycles. The van der Waals surface area contributed by atoms with Gasteiger partial charge < -0.3 is 9.47 Å². The lowest BCUT2D eigenvalue weighted by atomic mass is 10.1. The Bertz CT molecular complexity index is 1070. The maximum atomic E-state index is 12.4. The van der Waals surface area contributed by atoms with E-state index in [9.17, 15) is 8.42 Å². The maximum Gasteiger partial charge on any atom is 0.285 e. The van der Waals surface area contributed by atoms with Crippen LogP contribution in [-0.2, 0) is 14.8 Å². The van der Waals surface area contributed by atoms with Crippen LogP contribution < -0.4 is 4.74 Å². The maximum absolute atomic E-state index is 12.4. The zero-order valence-electron chi connectivity index (χ0n) is 17.1. The summed E-state index contributed by atoms with van der Waals surface area (Å²) in [6.45, 7) is 5.52. The molecule has 0 spiro atoms. The van der Waals surface area contributed by atoms with Crippen molar-refractivity contribution in [2.24, 2.45) is 15.4 Å². The van der Waals surface area contributed by atoms with E-state index in [-0.39, 0.29) is 10.8 Å². The fourth-order valence-corrected chi connectivity index (χ4v) is 4.46. The lowest BCUT2D eigenvalue weighted by Crippen LogP contribution is -2.29. The first-order chi connectivity index (χ1) is 14.3. The van der Waals surface area contributed by atoms with Gasteiger partial charge in [0.1, 0.15) is 17.3 Å². The van der Waals surface area contributed by atoms with Crippen LogP contribution in [0.2, 0.25) is 0 Å². The van der Waals surface area contributed by atoms with E-state index in [0.717, 1.165) is 10.0 Å². The Morgan fingerprint density at radius 3 is 2.70 bits per heavy atom. The molecule has 30 heavy (non-hydrogen) atoms. The third-order valence-electron chi connectivity index (χ3n) is 4.24. The topological polar surface area (TPSA) is 80.6 Å². The predicted octanol–water partition coefficient (Wildman–Crippen LogP) is 3.92. The summed E-state index contributed by atoms with van der Waals surface area (Å²) in [5, 5.41) is 6.21. The molecule has 9 heteroatoms. The zero-order valence-corrected chi connectivity index (χ0v) is 19.5. The molecule has 1 heterocycles. The minimum atomic E-state index is -3.71. The van der Waals surface area contributed by atoms with Crippen LogP contribution in [0.25, 0.3) is 0 Å². The molecule has 0 bridgehead atoms. The number of methoxy groups -OCH3 is 1. The third-order valence-corrected chi connectivity index (χ3v) is 6.22. The van der Waals surface area contributed by atoms with Crippen LogP contribution in [0.1, 0.15) is 25.0 Å². The van der Waals surface area contributed by atoms with Gasteiger partial charge in [-0.25, -0.2) is 5.01 Å². The Morgan fingerprint density at radius 2 is 1.97 bits per heavy atom. The number of ether oxygens (including phenoxy) is 2. The van der Waals surface area contributed by atoms with E-state index >= 15 is 0 Å². The molecule has 2 aromatic carbocycles. The Kier molecular flexibility index (Phi) is 7.27.